The number of methoxy groups -OCH3 is 1. The summed E-state index contributed by atoms with van der Waals surface area (Å²) in [5.74, 6) is -1.51. The Balaban J connectivity index is 1.75. The van der Waals surface area contributed by atoms with Crippen LogP contribution >= 0.6 is 0 Å². The highest BCUT2D eigenvalue weighted by Crippen LogP contribution is 2.28. The zero-order valence-corrected chi connectivity index (χ0v) is 15.6. The van der Waals surface area contributed by atoms with Gasteiger partial charge in [-0.1, -0.05) is 18.2 Å². The highest BCUT2D eigenvalue weighted by atomic mass is 16.6. The van der Waals surface area contributed by atoms with Gasteiger partial charge in [0, 0.05) is 6.07 Å². The lowest BCUT2D eigenvalue weighted by Gasteiger charge is -2.13. The van der Waals surface area contributed by atoms with Crippen LogP contribution in [0.2, 0.25) is 0 Å². The number of hydrogen-bond acceptors (Lipinski definition) is 7. The third kappa shape index (κ3) is 4.19. The molecule has 2 aromatic carbocycles. The molecule has 30 heavy (non-hydrogen) atoms. The molecule has 4 amide bonds. The van der Waals surface area contributed by atoms with Gasteiger partial charge in [-0.15, -0.1) is 0 Å². The number of hydrogen-bond donors (Lipinski definition) is 3. The molecule has 0 spiro atoms. The second kappa shape index (κ2) is 8.31. The maximum absolute atomic E-state index is 12.5. The lowest BCUT2D eigenvalue weighted by Crippen LogP contribution is -2.38. The molecule has 1 aliphatic rings. The minimum Gasteiger partial charge on any atom is -0.502 e. The van der Waals surface area contributed by atoms with Crippen molar-refractivity contribution < 1.29 is 29.2 Å². The van der Waals surface area contributed by atoms with Crippen LogP contribution in [0.4, 0.5) is 16.2 Å². The van der Waals surface area contributed by atoms with E-state index in [1.54, 1.807) is 24.3 Å². The molecular weight excluding hydrogens is 396 g/mol. The third-order valence-corrected chi connectivity index (χ3v) is 4.15. The predicted octanol–water partition coefficient (Wildman–Crippen LogP) is 1.84. The highest BCUT2D eigenvalue weighted by molar-refractivity contribution is 6.16. The van der Waals surface area contributed by atoms with E-state index in [2.05, 4.69) is 10.6 Å². The van der Waals surface area contributed by atoms with Crippen LogP contribution in [0.3, 0.4) is 0 Å². The predicted molar refractivity (Wildman–Crippen MR) is 105 cm³/mol. The Labute approximate surface area is 169 Å². The summed E-state index contributed by atoms with van der Waals surface area (Å²) in [6.45, 7) is -0.546. The lowest BCUT2D eigenvalue weighted by molar-refractivity contribution is -0.385. The van der Waals surface area contributed by atoms with Gasteiger partial charge in [-0.2, -0.15) is 0 Å². The van der Waals surface area contributed by atoms with Crippen LogP contribution in [0, 0.1) is 10.1 Å². The molecule has 0 aliphatic carbocycles. The maximum atomic E-state index is 12.5. The van der Waals surface area contributed by atoms with E-state index in [1.807, 2.05) is 0 Å². The zero-order chi connectivity index (χ0) is 21.8. The first-order valence-corrected chi connectivity index (χ1v) is 8.55. The van der Waals surface area contributed by atoms with E-state index in [-0.39, 0.29) is 11.3 Å². The third-order valence-electron chi connectivity index (χ3n) is 4.15. The second-order valence-electron chi connectivity index (χ2n) is 6.13. The van der Waals surface area contributed by atoms with Crippen LogP contribution < -0.4 is 15.4 Å². The Morgan fingerprint density at radius 1 is 1.30 bits per heavy atom. The molecular formula is C19H16N4O7. The molecule has 0 atom stereocenters. The molecule has 0 unspecified atom stereocenters. The van der Waals surface area contributed by atoms with Crippen LogP contribution in [0.25, 0.3) is 6.08 Å². The van der Waals surface area contributed by atoms with Crippen molar-refractivity contribution in [1.82, 2.24) is 10.2 Å². The Bertz CT molecular complexity index is 1080. The van der Waals surface area contributed by atoms with Crippen molar-refractivity contribution in [3.05, 3.63) is 63.8 Å². The van der Waals surface area contributed by atoms with E-state index in [1.165, 1.54) is 19.3 Å². The number of benzene rings is 2. The molecule has 11 heteroatoms. The van der Waals surface area contributed by atoms with Crippen molar-refractivity contribution in [2.24, 2.45) is 0 Å². The summed E-state index contributed by atoms with van der Waals surface area (Å²) in [6, 6.07) is 9.33. The fourth-order valence-electron chi connectivity index (χ4n) is 2.74. The summed E-state index contributed by atoms with van der Waals surface area (Å²) in [5.41, 5.74) is -0.119. The van der Waals surface area contributed by atoms with Crippen molar-refractivity contribution >= 4 is 35.3 Å². The van der Waals surface area contributed by atoms with Gasteiger partial charge in [0.15, 0.2) is 5.75 Å². The van der Waals surface area contributed by atoms with Gasteiger partial charge in [0.05, 0.1) is 17.7 Å². The monoisotopic (exact) mass is 412 g/mol. The molecule has 0 bridgehead atoms. The SMILES string of the molecule is COc1ccccc1NC(=O)CN1C(=O)N/C(=C/c2ccc(O)c([N+](=O)[O-])c2)C1=O. The first-order valence-electron chi connectivity index (χ1n) is 8.55. The average molecular weight is 412 g/mol. The molecule has 3 rings (SSSR count). The molecule has 154 valence electrons. The number of phenolic OH excluding ortho intramolecular Hbond substituents is 1. The minimum absolute atomic E-state index is 0.162. The standard InChI is InChI=1S/C19H16N4O7/c1-30-16-5-3-2-4-12(16)20-17(25)10-22-18(26)13(21-19(22)27)8-11-6-7-15(24)14(9-11)23(28)29/h2-9,24H,10H2,1H3,(H,20,25)(H,21,27)/b13-8+. The number of aromatic hydroxyl groups is 1. The number of amides is 4. The Morgan fingerprint density at radius 3 is 2.73 bits per heavy atom. The number of imide groups is 1. The zero-order valence-electron chi connectivity index (χ0n) is 15.6. The number of nitro groups is 1. The van der Waals surface area contributed by atoms with Crippen LogP contribution in [-0.4, -0.2) is 46.4 Å². The van der Waals surface area contributed by atoms with Gasteiger partial charge < -0.3 is 20.5 Å². The molecule has 0 radical (unpaired) electrons. The minimum atomic E-state index is -0.810. The van der Waals surface area contributed by atoms with Crippen LogP contribution in [0.15, 0.2) is 48.2 Å². The molecule has 11 nitrogen and oxygen atoms in total. The number of phenols is 1. The summed E-state index contributed by atoms with van der Waals surface area (Å²) < 4.78 is 5.13. The Hall–Kier alpha value is -4.41. The molecule has 0 saturated carbocycles. The largest absolute Gasteiger partial charge is 0.502 e. The second-order valence-corrected chi connectivity index (χ2v) is 6.13. The van der Waals surface area contributed by atoms with Gasteiger partial charge in [-0.05, 0) is 29.8 Å². The van der Waals surface area contributed by atoms with Gasteiger partial charge in [-0.25, -0.2) is 9.69 Å². The number of carbonyl (C=O) groups is 3. The fraction of sp³-hybridized carbons (Fsp3) is 0.105. The van der Waals surface area contributed by atoms with Gasteiger partial charge in [0.2, 0.25) is 5.91 Å². The highest BCUT2D eigenvalue weighted by Gasteiger charge is 2.35. The Morgan fingerprint density at radius 2 is 2.03 bits per heavy atom. The van der Waals surface area contributed by atoms with E-state index in [9.17, 15) is 29.6 Å². The van der Waals surface area contributed by atoms with Gasteiger partial charge in [0.25, 0.3) is 5.91 Å². The summed E-state index contributed by atoms with van der Waals surface area (Å²) in [5, 5.41) is 25.3. The summed E-state index contributed by atoms with van der Waals surface area (Å²) in [7, 11) is 1.44. The number of nitro benzene ring substituents is 1. The van der Waals surface area contributed by atoms with Crippen molar-refractivity contribution in [3.8, 4) is 11.5 Å². The van der Waals surface area contributed by atoms with Gasteiger partial charge in [-0.3, -0.25) is 19.7 Å². The Kier molecular flexibility index (Phi) is 5.63. The molecule has 3 N–H and O–H groups in total. The van der Waals surface area contributed by atoms with E-state index in [0.717, 1.165) is 12.1 Å². The number of urea groups is 1. The summed E-state index contributed by atoms with van der Waals surface area (Å²) in [4.78, 5) is 47.8. The van der Waals surface area contributed by atoms with Crippen LogP contribution in [-0.2, 0) is 9.59 Å². The molecule has 0 aromatic heterocycles. The summed E-state index contributed by atoms with van der Waals surface area (Å²) in [6.07, 6.45) is 1.21. The number of para-hydroxylation sites is 2. The van der Waals surface area contributed by atoms with Gasteiger partial charge in [0.1, 0.15) is 18.0 Å². The van der Waals surface area contributed by atoms with Crippen LogP contribution in [0.5, 0.6) is 11.5 Å². The number of carbonyl (C=O) groups excluding carboxylic acids is 3. The molecule has 1 heterocycles. The molecule has 1 fully saturated rings. The normalized spacial score (nSPS) is 14.6. The topological polar surface area (TPSA) is 151 Å². The van der Waals surface area contributed by atoms with E-state index in [4.69, 9.17) is 4.74 Å². The smallest absolute Gasteiger partial charge is 0.329 e. The first-order chi connectivity index (χ1) is 14.3. The first kappa shape index (κ1) is 20.3. The van der Waals surface area contributed by atoms with E-state index >= 15 is 0 Å². The maximum Gasteiger partial charge on any atom is 0.329 e. The average Bonchev–Trinajstić information content (AvgIpc) is 2.97. The van der Waals surface area contributed by atoms with Gasteiger partial charge >= 0.3 is 11.7 Å². The quantitative estimate of drug-likeness (QED) is 0.283. The fourth-order valence-corrected chi connectivity index (χ4v) is 2.74. The van der Waals surface area contributed by atoms with E-state index in [0.29, 0.717) is 16.3 Å². The van der Waals surface area contributed by atoms with Crippen molar-refractivity contribution in [2.45, 2.75) is 0 Å². The van der Waals surface area contributed by atoms with Crippen molar-refractivity contribution in [2.75, 3.05) is 19.0 Å². The lowest BCUT2D eigenvalue weighted by atomic mass is 10.1. The number of nitrogens with zero attached hydrogens (tertiary/aromatic N) is 2. The number of ether oxygens (including phenoxy) is 1. The number of anilines is 1. The van der Waals surface area contributed by atoms with Crippen molar-refractivity contribution in [3.63, 3.8) is 0 Å². The molecule has 2 aromatic rings. The summed E-state index contributed by atoms with van der Waals surface area (Å²) >= 11 is 0. The van der Waals surface area contributed by atoms with Crippen LogP contribution in [0.1, 0.15) is 5.56 Å². The van der Waals surface area contributed by atoms with Crippen molar-refractivity contribution in [1.29, 1.82) is 0 Å². The number of nitrogens with one attached hydrogen (secondary N) is 2. The van der Waals surface area contributed by atoms with E-state index < -0.39 is 40.8 Å². The number of rotatable bonds is 6. The molecule has 1 aliphatic heterocycles. The molecule has 1 saturated heterocycles.